The summed E-state index contributed by atoms with van der Waals surface area (Å²) in [5.41, 5.74) is 7.62. The van der Waals surface area contributed by atoms with Crippen LogP contribution in [0.25, 0.3) is 5.70 Å². The highest BCUT2D eigenvalue weighted by molar-refractivity contribution is 7.89. The normalized spacial score (nSPS) is 14.7. The number of aromatic nitrogens is 2. The van der Waals surface area contributed by atoms with Crippen LogP contribution >= 0.6 is 0 Å². The second-order valence-corrected chi connectivity index (χ2v) is 6.65. The summed E-state index contributed by atoms with van der Waals surface area (Å²) in [4.78, 5) is -0.0537. The molecule has 1 aromatic carbocycles. The Kier molecular flexibility index (Phi) is 4.28. The van der Waals surface area contributed by atoms with E-state index in [0.29, 0.717) is 17.8 Å². The van der Waals surface area contributed by atoms with E-state index >= 15 is 0 Å². The van der Waals surface area contributed by atoms with E-state index in [1.165, 1.54) is 23.0 Å². The topological polar surface area (TPSA) is 116 Å². The van der Waals surface area contributed by atoms with Crippen molar-refractivity contribution in [3.63, 3.8) is 0 Å². The number of rotatable bonds is 5. The molecule has 0 amide bonds. The Hall–Kier alpha value is -2.78. The van der Waals surface area contributed by atoms with Crippen molar-refractivity contribution in [1.82, 2.24) is 9.78 Å². The van der Waals surface area contributed by atoms with E-state index in [4.69, 9.17) is 4.55 Å². The average molecular weight is 348 g/mol. The number of hydrogen-bond acceptors (Lipinski definition) is 6. The lowest BCUT2D eigenvalue weighted by Gasteiger charge is -2.14. The molecule has 0 radical (unpaired) electrons. The first-order valence-corrected chi connectivity index (χ1v) is 8.61. The van der Waals surface area contributed by atoms with Gasteiger partial charge in [-0.3, -0.25) is 9.98 Å². The monoisotopic (exact) mass is 348 g/mol. The highest BCUT2D eigenvalue weighted by Crippen LogP contribution is 2.31. The molecule has 0 saturated heterocycles. The van der Waals surface area contributed by atoms with Gasteiger partial charge in [0.25, 0.3) is 10.1 Å². The third-order valence-electron chi connectivity index (χ3n) is 3.55. The van der Waals surface area contributed by atoms with Gasteiger partial charge in [-0.2, -0.15) is 13.5 Å². The summed E-state index contributed by atoms with van der Waals surface area (Å²) < 4.78 is 32.5. The Morgan fingerprint density at radius 1 is 1.08 bits per heavy atom. The molecule has 0 bridgehead atoms. The molecule has 4 N–H and O–H groups in total. The van der Waals surface area contributed by atoms with Crippen LogP contribution in [0.3, 0.4) is 0 Å². The lowest BCUT2D eigenvalue weighted by Crippen LogP contribution is -2.09. The summed E-state index contributed by atoms with van der Waals surface area (Å²) in [6.45, 7) is 0. The minimum Gasteiger partial charge on any atom is -0.492 e. The van der Waals surface area contributed by atoms with Gasteiger partial charge < -0.3 is 10.5 Å². The van der Waals surface area contributed by atoms with Crippen LogP contribution < -0.4 is 10.9 Å². The smallest absolute Gasteiger partial charge is 0.290 e. The first kappa shape index (κ1) is 16.1. The SMILES string of the molecule is O=S(=O)(O)C1=CC=C(n2ncc(NNc3ccccc3)c2O)CC1. The Balaban J connectivity index is 1.76. The third-order valence-corrected chi connectivity index (χ3v) is 4.55. The molecule has 1 heterocycles. The van der Waals surface area contributed by atoms with E-state index in [1.807, 2.05) is 30.3 Å². The molecule has 0 fully saturated rings. The highest BCUT2D eigenvalue weighted by Gasteiger charge is 2.20. The van der Waals surface area contributed by atoms with Crippen molar-refractivity contribution in [2.24, 2.45) is 0 Å². The fourth-order valence-corrected chi connectivity index (χ4v) is 2.90. The van der Waals surface area contributed by atoms with Gasteiger partial charge >= 0.3 is 0 Å². The number of nitrogens with one attached hydrogen (secondary N) is 2. The van der Waals surface area contributed by atoms with Gasteiger partial charge in [0.2, 0.25) is 5.88 Å². The lowest BCUT2D eigenvalue weighted by atomic mass is 10.1. The van der Waals surface area contributed by atoms with E-state index in [1.54, 1.807) is 0 Å². The van der Waals surface area contributed by atoms with Gasteiger partial charge in [-0.25, -0.2) is 4.68 Å². The summed E-state index contributed by atoms with van der Waals surface area (Å²) >= 11 is 0. The van der Waals surface area contributed by atoms with Gasteiger partial charge in [-0.1, -0.05) is 18.2 Å². The van der Waals surface area contributed by atoms with Gasteiger partial charge in [0.05, 0.1) is 16.8 Å². The van der Waals surface area contributed by atoms with Crippen molar-refractivity contribution in [2.75, 3.05) is 10.9 Å². The quantitative estimate of drug-likeness (QED) is 0.484. The third kappa shape index (κ3) is 3.42. The van der Waals surface area contributed by atoms with Gasteiger partial charge in [0, 0.05) is 5.70 Å². The number of nitrogens with zero attached hydrogens (tertiary/aromatic N) is 2. The summed E-state index contributed by atoms with van der Waals surface area (Å²) in [6.07, 6.45) is 4.74. The molecular weight excluding hydrogens is 332 g/mol. The zero-order chi connectivity index (χ0) is 17.2. The van der Waals surface area contributed by atoms with Crippen molar-refractivity contribution in [3.05, 3.63) is 53.6 Å². The van der Waals surface area contributed by atoms with E-state index in [9.17, 15) is 13.5 Å². The summed E-state index contributed by atoms with van der Waals surface area (Å²) in [7, 11) is -4.17. The zero-order valence-corrected chi connectivity index (χ0v) is 13.4. The van der Waals surface area contributed by atoms with Crippen LogP contribution in [0.5, 0.6) is 5.88 Å². The molecule has 3 rings (SSSR count). The predicted octanol–water partition coefficient (Wildman–Crippen LogP) is 2.43. The van der Waals surface area contributed by atoms with Crippen LogP contribution in [-0.4, -0.2) is 27.9 Å². The van der Waals surface area contributed by atoms with Crippen molar-refractivity contribution in [3.8, 4) is 5.88 Å². The van der Waals surface area contributed by atoms with Crippen molar-refractivity contribution >= 4 is 27.2 Å². The van der Waals surface area contributed by atoms with Crippen LogP contribution in [0.1, 0.15) is 12.8 Å². The van der Waals surface area contributed by atoms with Gasteiger partial charge in [-0.15, -0.1) is 0 Å². The first-order chi connectivity index (χ1) is 11.4. The largest absolute Gasteiger partial charge is 0.492 e. The van der Waals surface area contributed by atoms with Crippen molar-refractivity contribution in [2.45, 2.75) is 12.8 Å². The minimum absolute atomic E-state index is 0.0537. The Morgan fingerprint density at radius 3 is 2.46 bits per heavy atom. The van der Waals surface area contributed by atoms with E-state index < -0.39 is 10.1 Å². The number of anilines is 2. The van der Waals surface area contributed by atoms with Crippen molar-refractivity contribution in [1.29, 1.82) is 0 Å². The molecule has 9 heteroatoms. The fraction of sp³-hybridized carbons (Fsp3) is 0.133. The maximum absolute atomic E-state index is 11.1. The van der Waals surface area contributed by atoms with Crippen LogP contribution in [0.4, 0.5) is 11.4 Å². The summed E-state index contributed by atoms with van der Waals surface area (Å²) in [5, 5.41) is 14.3. The molecule has 0 saturated carbocycles. The van der Waals surface area contributed by atoms with Crippen LogP contribution in [0.2, 0.25) is 0 Å². The summed E-state index contributed by atoms with van der Waals surface area (Å²) in [6, 6.07) is 9.36. The maximum Gasteiger partial charge on any atom is 0.290 e. The number of hydrogen-bond donors (Lipinski definition) is 4. The molecular formula is C15H16N4O4S. The molecule has 1 aliphatic rings. The van der Waals surface area contributed by atoms with Gasteiger partial charge in [0.1, 0.15) is 5.69 Å². The van der Waals surface area contributed by atoms with E-state index in [2.05, 4.69) is 16.0 Å². The minimum atomic E-state index is -4.17. The molecule has 1 aliphatic carbocycles. The Morgan fingerprint density at radius 2 is 1.83 bits per heavy atom. The molecule has 0 aliphatic heterocycles. The molecule has 0 spiro atoms. The Labute approximate surface area is 138 Å². The number of para-hydroxylation sites is 1. The summed E-state index contributed by atoms with van der Waals surface area (Å²) in [5.74, 6) is -0.103. The molecule has 0 atom stereocenters. The number of benzene rings is 1. The number of allylic oxidation sites excluding steroid dienone is 4. The van der Waals surface area contributed by atoms with E-state index in [-0.39, 0.29) is 17.2 Å². The number of hydrazine groups is 1. The molecule has 0 unspecified atom stereocenters. The number of aromatic hydroxyl groups is 1. The zero-order valence-electron chi connectivity index (χ0n) is 12.5. The molecule has 8 nitrogen and oxygen atoms in total. The maximum atomic E-state index is 11.1. The average Bonchev–Trinajstić information content (AvgIpc) is 2.94. The van der Waals surface area contributed by atoms with Crippen LogP contribution in [0.15, 0.2) is 53.6 Å². The molecule has 126 valence electrons. The molecule has 1 aromatic heterocycles. The van der Waals surface area contributed by atoms with E-state index in [0.717, 1.165) is 5.69 Å². The lowest BCUT2D eigenvalue weighted by molar-refractivity contribution is 0.435. The Bertz CT molecular complexity index is 901. The van der Waals surface area contributed by atoms with Crippen molar-refractivity contribution < 1.29 is 18.1 Å². The first-order valence-electron chi connectivity index (χ1n) is 7.17. The van der Waals surface area contributed by atoms with Gasteiger partial charge in [0.15, 0.2) is 0 Å². The predicted molar refractivity (Wildman–Crippen MR) is 90.7 cm³/mol. The van der Waals surface area contributed by atoms with Crippen LogP contribution in [-0.2, 0) is 10.1 Å². The second-order valence-electron chi connectivity index (χ2n) is 5.18. The van der Waals surface area contributed by atoms with Crippen LogP contribution in [0, 0.1) is 0 Å². The molecule has 2 aromatic rings. The van der Waals surface area contributed by atoms with Gasteiger partial charge in [-0.05, 0) is 37.1 Å². The second kappa shape index (κ2) is 6.38. The standard InChI is InChI=1S/C15H16N4O4S/c20-15-14(18-17-11-4-2-1-3-5-11)10-16-19(15)12-6-8-13(9-7-12)24(21,22)23/h1-6,8,10,17-18,20H,7,9H2,(H,21,22,23). The molecule has 24 heavy (non-hydrogen) atoms. The highest BCUT2D eigenvalue weighted by atomic mass is 32.2. The fourth-order valence-electron chi connectivity index (χ4n) is 2.30.